The molecule has 0 aliphatic carbocycles. The van der Waals surface area contributed by atoms with Crippen LogP contribution in [0.25, 0.3) is 11.2 Å². The van der Waals surface area contributed by atoms with Crippen molar-refractivity contribution in [2.75, 3.05) is 12.3 Å². The number of nitrogens with two attached hydrogens (primary N) is 2. The van der Waals surface area contributed by atoms with Gasteiger partial charge in [-0.25, -0.2) is 19.5 Å². The molecule has 3 heterocycles. The van der Waals surface area contributed by atoms with E-state index in [-0.39, 0.29) is 22.9 Å². The number of rotatable bonds is 7. The number of phosphoric ester groups is 1. The van der Waals surface area contributed by atoms with Crippen molar-refractivity contribution in [3.8, 4) is 0 Å². The number of fused-ring (bicyclic) bond motifs is 1. The molecule has 30 heavy (non-hydrogen) atoms. The fraction of sp³-hybridized carbons (Fsp3) is 0.600. The first-order valence-electron chi connectivity index (χ1n) is 8.92. The van der Waals surface area contributed by atoms with Crippen LogP contribution in [0.15, 0.2) is 12.7 Å². The maximum absolute atomic E-state index is 12.5. The number of carbonyl (C=O) groups excluding carboxylic acids is 1. The van der Waals surface area contributed by atoms with Crippen LogP contribution in [0.4, 0.5) is 5.82 Å². The van der Waals surface area contributed by atoms with Gasteiger partial charge in [0.25, 0.3) is 0 Å². The second-order valence-corrected chi connectivity index (χ2v) is 8.25. The number of esters is 1. The van der Waals surface area contributed by atoms with Gasteiger partial charge in [0.05, 0.1) is 12.9 Å². The van der Waals surface area contributed by atoms with Crippen LogP contribution in [-0.4, -0.2) is 71.3 Å². The second-order valence-electron chi connectivity index (χ2n) is 7.06. The Labute approximate surface area is 170 Å². The minimum atomic E-state index is -5.03. The SMILES string of the molecule is CC(C)[C@H](N)C(=O)O[C@@H]1[C@H](OP(=O)(O)O)[C@@H](CO)O[C@H]1n1cnc2c(N)ncnc21. The lowest BCUT2D eigenvalue weighted by Crippen LogP contribution is -2.44. The summed E-state index contributed by atoms with van der Waals surface area (Å²) >= 11 is 0. The van der Waals surface area contributed by atoms with Gasteiger partial charge in [-0.1, -0.05) is 13.8 Å². The van der Waals surface area contributed by atoms with Gasteiger partial charge < -0.3 is 35.8 Å². The predicted molar refractivity (Wildman–Crippen MR) is 100 cm³/mol. The molecule has 0 bridgehead atoms. The molecule has 1 saturated heterocycles. The first-order valence-corrected chi connectivity index (χ1v) is 10.5. The molecule has 2 aromatic rings. The van der Waals surface area contributed by atoms with Gasteiger partial charge in [-0.15, -0.1) is 0 Å². The van der Waals surface area contributed by atoms with E-state index in [4.69, 9.17) is 25.5 Å². The van der Waals surface area contributed by atoms with Crippen molar-refractivity contribution in [2.45, 2.75) is 44.4 Å². The van der Waals surface area contributed by atoms with Crippen molar-refractivity contribution < 1.29 is 38.3 Å². The van der Waals surface area contributed by atoms with Crippen LogP contribution in [0.2, 0.25) is 0 Å². The average molecular weight is 446 g/mol. The van der Waals surface area contributed by atoms with Crippen molar-refractivity contribution in [3.05, 3.63) is 12.7 Å². The number of aliphatic hydroxyl groups is 1. The third-order valence-electron chi connectivity index (χ3n) is 4.63. The summed E-state index contributed by atoms with van der Waals surface area (Å²) in [6.07, 6.45) is -2.83. The van der Waals surface area contributed by atoms with Crippen molar-refractivity contribution in [2.24, 2.45) is 11.7 Å². The van der Waals surface area contributed by atoms with E-state index in [1.165, 1.54) is 17.2 Å². The Morgan fingerprint density at radius 3 is 2.63 bits per heavy atom. The van der Waals surface area contributed by atoms with Crippen LogP contribution in [0, 0.1) is 5.92 Å². The summed E-state index contributed by atoms with van der Waals surface area (Å²) < 4.78 is 28.8. The van der Waals surface area contributed by atoms with Gasteiger partial charge in [-0.3, -0.25) is 13.9 Å². The highest BCUT2D eigenvalue weighted by molar-refractivity contribution is 7.46. The van der Waals surface area contributed by atoms with Gasteiger partial charge in [-0.05, 0) is 5.92 Å². The summed E-state index contributed by atoms with van der Waals surface area (Å²) in [5.41, 5.74) is 12.1. The normalized spacial score (nSPS) is 25.7. The zero-order valence-corrected chi connectivity index (χ0v) is 17.0. The summed E-state index contributed by atoms with van der Waals surface area (Å²) in [4.78, 5) is 43.1. The molecule has 7 N–H and O–H groups in total. The molecule has 1 fully saturated rings. The standard InChI is InChI=1S/C15H23N6O8P/c1-6(2)8(16)15(23)28-11-10(29-30(24,25)26)7(3-22)27-14(11)21-5-20-9-12(17)18-4-19-13(9)21/h4-8,10-11,14,22H,3,16H2,1-2H3,(H2,17,18,19)(H2,24,25,26)/t7-,8+,10-,11-,14-/m1/s1. The lowest BCUT2D eigenvalue weighted by Gasteiger charge is -2.26. The first kappa shape index (κ1) is 22.5. The molecule has 15 heteroatoms. The molecule has 1 aliphatic heterocycles. The minimum Gasteiger partial charge on any atom is -0.453 e. The molecule has 14 nitrogen and oxygen atoms in total. The zero-order chi connectivity index (χ0) is 22.2. The third-order valence-corrected chi connectivity index (χ3v) is 5.15. The highest BCUT2D eigenvalue weighted by atomic mass is 31.2. The number of nitrogens with zero attached hydrogens (tertiary/aromatic N) is 4. The molecule has 5 atom stereocenters. The molecule has 0 spiro atoms. The smallest absolute Gasteiger partial charge is 0.453 e. The van der Waals surface area contributed by atoms with Crippen LogP contribution in [0.3, 0.4) is 0 Å². The average Bonchev–Trinajstić information content (AvgIpc) is 3.22. The maximum atomic E-state index is 12.5. The van der Waals surface area contributed by atoms with Gasteiger partial charge in [-0.2, -0.15) is 0 Å². The fourth-order valence-corrected chi connectivity index (χ4v) is 3.60. The Balaban J connectivity index is 2.03. The summed E-state index contributed by atoms with van der Waals surface area (Å²) in [5.74, 6) is -1.01. The number of phosphoric acid groups is 1. The molecule has 0 radical (unpaired) electrons. The number of hydrogen-bond acceptors (Lipinski definition) is 11. The van der Waals surface area contributed by atoms with Gasteiger partial charge in [0, 0.05) is 0 Å². The number of ether oxygens (including phenoxy) is 2. The van der Waals surface area contributed by atoms with E-state index in [2.05, 4.69) is 15.0 Å². The summed E-state index contributed by atoms with van der Waals surface area (Å²) in [6.45, 7) is 2.74. The van der Waals surface area contributed by atoms with Crippen LogP contribution in [0.5, 0.6) is 0 Å². The van der Waals surface area contributed by atoms with Gasteiger partial charge >= 0.3 is 13.8 Å². The van der Waals surface area contributed by atoms with E-state index in [1.54, 1.807) is 13.8 Å². The number of aromatic nitrogens is 4. The van der Waals surface area contributed by atoms with Crippen molar-refractivity contribution in [3.63, 3.8) is 0 Å². The molecule has 166 valence electrons. The molecular weight excluding hydrogens is 423 g/mol. The Morgan fingerprint density at radius 1 is 1.33 bits per heavy atom. The molecule has 1 aliphatic rings. The lowest BCUT2D eigenvalue weighted by atomic mass is 10.1. The summed E-state index contributed by atoms with van der Waals surface area (Å²) in [5, 5.41) is 9.66. The van der Waals surface area contributed by atoms with Crippen molar-refractivity contribution in [1.82, 2.24) is 19.5 Å². The fourth-order valence-electron chi connectivity index (χ4n) is 3.03. The van der Waals surface area contributed by atoms with Crippen LogP contribution in [-0.2, 0) is 23.4 Å². The highest BCUT2D eigenvalue weighted by Gasteiger charge is 2.52. The van der Waals surface area contributed by atoms with Gasteiger partial charge in [0.2, 0.25) is 0 Å². The molecule has 0 unspecified atom stereocenters. The number of imidazole rings is 1. The number of aliphatic hydroxyl groups excluding tert-OH is 1. The molecule has 0 amide bonds. The first-order chi connectivity index (χ1) is 14.0. The predicted octanol–water partition coefficient (Wildman–Crippen LogP) is -1.33. The lowest BCUT2D eigenvalue weighted by molar-refractivity contribution is -0.160. The number of anilines is 1. The molecular formula is C15H23N6O8P. The zero-order valence-electron chi connectivity index (χ0n) is 16.1. The van der Waals surface area contributed by atoms with Crippen molar-refractivity contribution >= 4 is 30.8 Å². The van der Waals surface area contributed by atoms with Crippen molar-refractivity contribution in [1.29, 1.82) is 0 Å². The Hall–Kier alpha value is -2.19. The topological polar surface area (TPSA) is 218 Å². The highest BCUT2D eigenvalue weighted by Crippen LogP contribution is 2.45. The van der Waals surface area contributed by atoms with Gasteiger partial charge in [0.15, 0.2) is 23.8 Å². The molecule has 0 aromatic carbocycles. The van der Waals surface area contributed by atoms with E-state index >= 15 is 0 Å². The summed E-state index contributed by atoms with van der Waals surface area (Å²) in [6, 6.07) is -1.01. The van der Waals surface area contributed by atoms with Crippen LogP contribution >= 0.6 is 7.82 Å². The number of carbonyl (C=O) groups is 1. The molecule has 2 aromatic heterocycles. The van der Waals surface area contributed by atoms with E-state index in [0.717, 1.165) is 0 Å². The van der Waals surface area contributed by atoms with E-state index in [9.17, 15) is 24.3 Å². The number of nitrogen functional groups attached to an aromatic ring is 1. The third kappa shape index (κ3) is 4.44. The van der Waals surface area contributed by atoms with E-state index < -0.39 is 51.0 Å². The Bertz CT molecular complexity index is 964. The second kappa shape index (κ2) is 8.51. The summed E-state index contributed by atoms with van der Waals surface area (Å²) in [7, 11) is -5.03. The maximum Gasteiger partial charge on any atom is 0.470 e. The molecule has 0 saturated carbocycles. The minimum absolute atomic E-state index is 0.0915. The van der Waals surface area contributed by atoms with Crippen LogP contribution < -0.4 is 11.5 Å². The Kier molecular flexibility index (Phi) is 6.38. The number of hydrogen-bond donors (Lipinski definition) is 5. The molecule has 3 rings (SSSR count). The van der Waals surface area contributed by atoms with E-state index in [1.807, 2.05) is 0 Å². The largest absolute Gasteiger partial charge is 0.470 e. The van der Waals surface area contributed by atoms with Gasteiger partial charge in [0.1, 0.15) is 30.1 Å². The quantitative estimate of drug-likeness (QED) is 0.246. The van der Waals surface area contributed by atoms with E-state index in [0.29, 0.717) is 0 Å². The van der Waals surface area contributed by atoms with Crippen LogP contribution in [0.1, 0.15) is 20.1 Å². The Morgan fingerprint density at radius 2 is 2.03 bits per heavy atom. The monoisotopic (exact) mass is 446 g/mol.